The molecule has 0 saturated carbocycles. The second-order valence-corrected chi connectivity index (χ2v) is 5.72. The van der Waals surface area contributed by atoms with Gasteiger partial charge in [0, 0.05) is 11.1 Å². The van der Waals surface area contributed by atoms with Gasteiger partial charge in [-0.2, -0.15) is 0 Å². The Kier molecular flexibility index (Phi) is 4.23. The van der Waals surface area contributed by atoms with Gasteiger partial charge < -0.3 is 15.0 Å². The molecule has 0 aliphatic carbocycles. The normalized spacial score (nSPS) is 13.7. The predicted molar refractivity (Wildman–Crippen MR) is 86.0 cm³/mol. The molecule has 2 aromatic carbocycles. The number of nitrogens with one attached hydrogen (secondary N) is 1. The van der Waals surface area contributed by atoms with E-state index in [2.05, 4.69) is 48.6 Å². The quantitative estimate of drug-likeness (QED) is 0.850. The van der Waals surface area contributed by atoms with Crippen LogP contribution in [0.3, 0.4) is 0 Å². The van der Waals surface area contributed by atoms with Crippen molar-refractivity contribution in [3.63, 3.8) is 0 Å². The molecule has 0 amide bonds. The van der Waals surface area contributed by atoms with Gasteiger partial charge in [-0.1, -0.05) is 36.4 Å². The van der Waals surface area contributed by atoms with Crippen LogP contribution >= 0.6 is 0 Å². The van der Waals surface area contributed by atoms with Crippen LogP contribution in [0.5, 0.6) is 11.5 Å². The molecular formula is C18H22N2O. The molecule has 0 radical (unpaired) electrons. The van der Waals surface area contributed by atoms with Gasteiger partial charge in [0.2, 0.25) is 0 Å². The van der Waals surface area contributed by atoms with Gasteiger partial charge in [0.05, 0.1) is 6.04 Å². The Morgan fingerprint density at radius 3 is 2.10 bits per heavy atom. The lowest BCUT2D eigenvalue weighted by molar-refractivity contribution is 0.383. The number of rotatable bonds is 5. The van der Waals surface area contributed by atoms with Gasteiger partial charge >= 0.3 is 0 Å². The maximum atomic E-state index is 6.00. The van der Waals surface area contributed by atoms with E-state index in [9.17, 15) is 0 Å². The van der Waals surface area contributed by atoms with Crippen molar-refractivity contribution in [2.24, 2.45) is 0 Å². The zero-order valence-corrected chi connectivity index (χ0v) is 12.7. The van der Waals surface area contributed by atoms with Crippen LogP contribution in [-0.4, -0.2) is 32.1 Å². The molecule has 0 atom stereocenters. The van der Waals surface area contributed by atoms with Gasteiger partial charge in [-0.3, -0.25) is 0 Å². The van der Waals surface area contributed by atoms with Crippen LogP contribution in [0.2, 0.25) is 0 Å². The van der Waals surface area contributed by atoms with Crippen molar-refractivity contribution in [2.45, 2.75) is 12.5 Å². The highest BCUT2D eigenvalue weighted by Crippen LogP contribution is 2.42. The van der Waals surface area contributed by atoms with Crippen molar-refractivity contribution in [3.05, 3.63) is 59.7 Å². The highest BCUT2D eigenvalue weighted by atomic mass is 16.5. The molecule has 110 valence electrons. The van der Waals surface area contributed by atoms with E-state index in [0.717, 1.165) is 31.0 Å². The lowest BCUT2D eigenvalue weighted by atomic mass is 9.94. The maximum absolute atomic E-state index is 6.00. The van der Waals surface area contributed by atoms with Crippen LogP contribution in [-0.2, 0) is 0 Å². The van der Waals surface area contributed by atoms with Crippen molar-refractivity contribution in [3.8, 4) is 11.5 Å². The van der Waals surface area contributed by atoms with E-state index < -0.39 is 0 Å². The Bertz CT molecular complexity index is 564. The average Bonchev–Trinajstić information content (AvgIpc) is 2.50. The summed E-state index contributed by atoms with van der Waals surface area (Å²) in [6.45, 7) is 2.09. The van der Waals surface area contributed by atoms with Crippen LogP contribution in [0.25, 0.3) is 0 Å². The molecule has 1 heterocycles. The van der Waals surface area contributed by atoms with Gasteiger partial charge in [0.15, 0.2) is 0 Å². The van der Waals surface area contributed by atoms with Gasteiger partial charge in [0.1, 0.15) is 11.5 Å². The Hall–Kier alpha value is -1.84. The molecular weight excluding hydrogens is 260 g/mol. The number of fused-ring (bicyclic) bond motifs is 2. The van der Waals surface area contributed by atoms with Crippen molar-refractivity contribution < 1.29 is 4.74 Å². The summed E-state index contributed by atoms with van der Waals surface area (Å²) in [5.41, 5.74) is 2.45. The number of ether oxygens (including phenoxy) is 1. The molecule has 0 spiro atoms. The van der Waals surface area contributed by atoms with Gasteiger partial charge in [-0.15, -0.1) is 0 Å². The van der Waals surface area contributed by atoms with Gasteiger partial charge in [0.25, 0.3) is 0 Å². The third kappa shape index (κ3) is 3.09. The van der Waals surface area contributed by atoms with Crippen molar-refractivity contribution in [1.29, 1.82) is 0 Å². The minimum Gasteiger partial charge on any atom is -0.457 e. The largest absolute Gasteiger partial charge is 0.457 e. The lowest BCUT2D eigenvalue weighted by Gasteiger charge is -2.29. The highest BCUT2D eigenvalue weighted by molar-refractivity contribution is 5.52. The molecule has 0 saturated heterocycles. The third-order valence-electron chi connectivity index (χ3n) is 3.81. The summed E-state index contributed by atoms with van der Waals surface area (Å²) < 4.78 is 6.00. The zero-order valence-electron chi connectivity index (χ0n) is 12.7. The SMILES string of the molecule is CN(C)CCCNC1c2ccccc2Oc2ccccc21. The molecule has 21 heavy (non-hydrogen) atoms. The zero-order chi connectivity index (χ0) is 14.7. The van der Waals surface area contributed by atoms with E-state index in [1.165, 1.54) is 11.1 Å². The maximum Gasteiger partial charge on any atom is 0.132 e. The number of para-hydroxylation sites is 2. The minimum absolute atomic E-state index is 0.216. The summed E-state index contributed by atoms with van der Waals surface area (Å²) in [6.07, 6.45) is 1.13. The Morgan fingerprint density at radius 1 is 0.952 bits per heavy atom. The fourth-order valence-corrected chi connectivity index (χ4v) is 2.77. The van der Waals surface area contributed by atoms with Crippen LogP contribution in [0.15, 0.2) is 48.5 Å². The minimum atomic E-state index is 0.216. The summed E-state index contributed by atoms with van der Waals surface area (Å²) in [5.74, 6) is 1.92. The summed E-state index contributed by atoms with van der Waals surface area (Å²) >= 11 is 0. The highest BCUT2D eigenvalue weighted by Gasteiger charge is 2.25. The molecule has 0 unspecified atom stereocenters. The van der Waals surface area contributed by atoms with E-state index in [-0.39, 0.29) is 6.04 Å². The number of nitrogens with zero attached hydrogens (tertiary/aromatic N) is 1. The van der Waals surface area contributed by atoms with Crippen LogP contribution < -0.4 is 10.1 Å². The van der Waals surface area contributed by atoms with E-state index in [0.29, 0.717) is 0 Å². The first-order valence-electron chi connectivity index (χ1n) is 7.49. The first-order chi connectivity index (χ1) is 10.3. The molecule has 1 aliphatic heterocycles. The van der Waals surface area contributed by atoms with Crippen LogP contribution in [0.1, 0.15) is 23.6 Å². The lowest BCUT2D eigenvalue weighted by Crippen LogP contribution is -2.28. The topological polar surface area (TPSA) is 24.5 Å². The Labute approximate surface area is 126 Å². The monoisotopic (exact) mass is 282 g/mol. The first kappa shape index (κ1) is 14.1. The van der Waals surface area contributed by atoms with Crippen LogP contribution in [0.4, 0.5) is 0 Å². The second-order valence-electron chi connectivity index (χ2n) is 5.72. The standard InChI is InChI=1S/C18H22N2O/c1-20(2)13-7-12-19-18-14-8-3-5-10-16(14)21-17-11-6-4-9-15(17)18/h3-6,8-11,18-19H,7,12-13H2,1-2H3. The van der Waals surface area contributed by atoms with Gasteiger partial charge in [-0.05, 0) is 45.7 Å². The van der Waals surface area contributed by atoms with Crippen molar-refractivity contribution in [1.82, 2.24) is 10.2 Å². The first-order valence-corrected chi connectivity index (χ1v) is 7.49. The summed E-state index contributed by atoms with van der Waals surface area (Å²) in [6, 6.07) is 16.8. The van der Waals surface area contributed by atoms with E-state index in [4.69, 9.17) is 4.74 Å². The molecule has 1 aliphatic rings. The molecule has 1 N–H and O–H groups in total. The molecule has 0 fully saturated rings. The summed E-state index contributed by atoms with van der Waals surface area (Å²) in [7, 11) is 4.22. The average molecular weight is 282 g/mol. The van der Waals surface area contributed by atoms with E-state index in [1.807, 2.05) is 24.3 Å². The molecule has 3 rings (SSSR count). The fraction of sp³-hybridized carbons (Fsp3) is 0.333. The third-order valence-corrected chi connectivity index (χ3v) is 3.81. The number of hydrogen-bond acceptors (Lipinski definition) is 3. The Morgan fingerprint density at radius 2 is 1.52 bits per heavy atom. The van der Waals surface area contributed by atoms with Crippen molar-refractivity contribution in [2.75, 3.05) is 27.2 Å². The molecule has 2 aromatic rings. The predicted octanol–water partition coefficient (Wildman–Crippen LogP) is 3.42. The fourth-order valence-electron chi connectivity index (χ4n) is 2.77. The Balaban J connectivity index is 1.81. The summed E-state index contributed by atoms with van der Waals surface area (Å²) in [5, 5.41) is 3.68. The summed E-state index contributed by atoms with van der Waals surface area (Å²) in [4.78, 5) is 2.22. The smallest absolute Gasteiger partial charge is 0.132 e. The second kappa shape index (κ2) is 6.29. The number of hydrogen-bond donors (Lipinski definition) is 1. The molecule has 3 nitrogen and oxygen atoms in total. The molecule has 3 heteroatoms. The van der Waals surface area contributed by atoms with Gasteiger partial charge in [-0.25, -0.2) is 0 Å². The van der Waals surface area contributed by atoms with Crippen LogP contribution in [0, 0.1) is 0 Å². The number of benzene rings is 2. The van der Waals surface area contributed by atoms with E-state index >= 15 is 0 Å². The molecule has 0 bridgehead atoms. The van der Waals surface area contributed by atoms with Crippen molar-refractivity contribution >= 4 is 0 Å². The molecule has 0 aromatic heterocycles. The van der Waals surface area contributed by atoms with E-state index in [1.54, 1.807) is 0 Å².